The molecule has 1 heterocycles. The first kappa shape index (κ1) is 16.3. The highest BCUT2D eigenvalue weighted by molar-refractivity contribution is 7.89. The van der Waals surface area contributed by atoms with Crippen LogP contribution in [0.25, 0.3) is 0 Å². The fourth-order valence-corrected chi connectivity index (χ4v) is 4.19. The lowest BCUT2D eigenvalue weighted by Crippen LogP contribution is -2.42. The number of halogens is 1. The summed E-state index contributed by atoms with van der Waals surface area (Å²) >= 11 is 6.01. The smallest absolute Gasteiger partial charge is 0.243 e. The van der Waals surface area contributed by atoms with Crippen LogP contribution in [0.3, 0.4) is 0 Å². The third-order valence-corrected chi connectivity index (χ3v) is 6.15. The molecule has 1 aromatic carbocycles. The lowest BCUT2D eigenvalue weighted by atomic mass is 9.97. The molecule has 1 amide bonds. The van der Waals surface area contributed by atoms with Gasteiger partial charge in [0.1, 0.15) is 0 Å². The van der Waals surface area contributed by atoms with Crippen LogP contribution in [-0.2, 0) is 14.8 Å². The molecule has 0 unspecified atom stereocenters. The second kappa shape index (κ2) is 6.34. The first-order chi connectivity index (χ1) is 9.86. The molecule has 1 saturated heterocycles. The third kappa shape index (κ3) is 3.39. The topological polar surface area (TPSA) is 66.5 Å². The van der Waals surface area contributed by atoms with Crippen LogP contribution in [0, 0.1) is 12.8 Å². The van der Waals surface area contributed by atoms with Gasteiger partial charge in [-0.15, -0.1) is 0 Å². The number of nitrogens with one attached hydrogen (secondary N) is 1. The molecule has 0 saturated carbocycles. The van der Waals surface area contributed by atoms with Crippen molar-refractivity contribution in [2.75, 3.05) is 20.1 Å². The number of hydrogen-bond acceptors (Lipinski definition) is 3. The molecule has 0 radical (unpaired) electrons. The molecule has 1 fully saturated rings. The summed E-state index contributed by atoms with van der Waals surface area (Å²) in [4.78, 5) is 11.8. The van der Waals surface area contributed by atoms with E-state index in [9.17, 15) is 13.2 Å². The van der Waals surface area contributed by atoms with E-state index in [1.165, 1.54) is 10.4 Å². The van der Waals surface area contributed by atoms with Gasteiger partial charge in [0.15, 0.2) is 0 Å². The van der Waals surface area contributed by atoms with Crippen LogP contribution in [0.15, 0.2) is 23.1 Å². The van der Waals surface area contributed by atoms with Crippen LogP contribution >= 0.6 is 11.6 Å². The van der Waals surface area contributed by atoms with Gasteiger partial charge in [-0.05, 0) is 37.5 Å². The van der Waals surface area contributed by atoms with E-state index in [4.69, 9.17) is 11.6 Å². The summed E-state index contributed by atoms with van der Waals surface area (Å²) in [5.41, 5.74) is 0.842. The van der Waals surface area contributed by atoms with Gasteiger partial charge >= 0.3 is 0 Å². The number of hydrogen-bond donors (Lipinski definition) is 1. The predicted octanol–water partition coefficient (Wildman–Crippen LogP) is 1.80. The largest absolute Gasteiger partial charge is 0.359 e. The van der Waals surface area contributed by atoms with Crippen LogP contribution in [0.5, 0.6) is 0 Å². The van der Waals surface area contributed by atoms with Gasteiger partial charge in [-0.3, -0.25) is 4.79 Å². The van der Waals surface area contributed by atoms with Gasteiger partial charge in [0.25, 0.3) is 0 Å². The average molecular weight is 331 g/mol. The van der Waals surface area contributed by atoms with Crippen molar-refractivity contribution in [1.29, 1.82) is 0 Å². The summed E-state index contributed by atoms with van der Waals surface area (Å²) in [6.07, 6.45) is 1.08. The molecular weight excluding hydrogens is 312 g/mol. The van der Waals surface area contributed by atoms with Gasteiger partial charge < -0.3 is 5.32 Å². The highest BCUT2D eigenvalue weighted by Gasteiger charge is 2.31. The predicted molar refractivity (Wildman–Crippen MR) is 81.7 cm³/mol. The molecule has 1 N–H and O–H groups in total. The van der Waals surface area contributed by atoms with E-state index in [0.717, 1.165) is 5.56 Å². The maximum atomic E-state index is 12.6. The van der Waals surface area contributed by atoms with Gasteiger partial charge in [-0.25, -0.2) is 8.42 Å². The van der Waals surface area contributed by atoms with E-state index in [-0.39, 0.29) is 16.7 Å². The molecule has 2 rings (SSSR count). The fraction of sp³-hybridized carbons (Fsp3) is 0.500. The van der Waals surface area contributed by atoms with E-state index in [1.54, 1.807) is 19.2 Å². The Hall–Kier alpha value is -1.11. The van der Waals surface area contributed by atoms with Crippen molar-refractivity contribution in [3.05, 3.63) is 28.8 Å². The normalized spacial score (nSPS) is 17.7. The van der Waals surface area contributed by atoms with Crippen LogP contribution < -0.4 is 5.32 Å². The molecule has 116 valence electrons. The highest BCUT2D eigenvalue weighted by atomic mass is 35.5. The summed E-state index contributed by atoms with van der Waals surface area (Å²) < 4.78 is 26.6. The van der Waals surface area contributed by atoms with E-state index < -0.39 is 10.0 Å². The van der Waals surface area contributed by atoms with E-state index in [0.29, 0.717) is 31.0 Å². The Morgan fingerprint density at radius 3 is 2.48 bits per heavy atom. The SMILES string of the molecule is CNC(=O)C1CCN(S(=O)(=O)c2ccc(C)c(Cl)c2)CC1. The molecule has 7 heteroatoms. The molecule has 1 aliphatic heterocycles. The minimum absolute atomic E-state index is 0.0228. The molecule has 0 aliphatic carbocycles. The van der Waals surface area contributed by atoms with Crippen molar-refractivity contribution in [2.45, 2.75) is 24.7 Å². The quantitative estimate of drug-likeness (QED) is 0.919. The van der Waals surface area contributed by atoms with Gasteiger partial charge in [-0.2, -0.15) is 4.31 Å². The number of amides is 1. The Bertz CT molecular complexity index is 638. The van der Waals surface area contributed by atoms with Gasteiger partial charge in [0.2, 0.25) is 15.9 Å². The van der Waals surface area contributed by atoms with Crippen LogP contribution in [0.2, 0.25) is 5.02 Å². The second-order valence-electron chi connectivity index (χ2n) is 5.20. The Morgan fingerprint density at radius 2 is 1.95 bits per heavy atom. The minimum atomic E-state index is -3.54. The van der Waals surface area contributed by atoms with E-state index in [1.807, 2.05) is 6.92 Å². The summed E-state index contributed by atoms with van der Waals surface area (Å²) in [5, 5.41) is 3.05. The monoisotopic (exact) mass is 330 g/mol. The highest BCUT2D eigenvalue weighted by Crippen LogP contribution is 2.26. The van der Waals surface area contributed by atoms with Gasteiger partial charge in [0, 0.05) is 31.1 Å². The maximum absolute atomic E-state index is 12.6. The Labute approximate surface area is 130 Å². The lowest BCUT2D eigenvalue weighted by molar-refractivity contribution is -0.125. The molecule has 1 aromatic rings. The molecule has 0 spiro atoms. The third-order valence-electron chi connectivity index (χ3n) is 3.85. The summed E-state index contributed by atoms with van der Waals surface area (Å²) in [7, 11) is -1.94. The second-order valence-corrected chi connectivity index (χ2v) is 7.55. The Balaban J connectivity index is 2.14. The molecule has 0 atom stereocenters. The minimum Gasteiger partial charge on any atom is -0.359 e. The summed E-state index contributed by atoms with van der Waals surface area (Å²) in [6.45, 7) is 2.53. The van der Waals surface area contributed by atoms with Crippen LogP contribution in [-0.4, -0.2) is 38.8 Å². The zero-order chi connectivity index (χ0) is 15.6. The fourth-order valence-electron chi connectivity index (χ4n) is 2.45. The maximum Gasteiger partial charge on any atom is 0.243 e. The molecule has 0 bridgehead atoms. The first-order valence-electron chi connectivity index (χ1n) is 6.84. The van der Waals surface area contributed by atoms with Crippen molar-refractivity contribution in [3.63, 3.8) is 0 Å². The number of piperidine rings is 1. The average Bonchev–Trinajstić information content (AvgIpc) is 2.49. The summed E-state index contributed by atoms with van der Waals surface area (Å²) in [6, 6.07) is 4.75. The van der Waals surface area contributed by atoms with Crippen LogP contribution in [0.4, 0.5) is 0 Å². The van der Waals surface area contributed by atoms with Crippen molar-refractivity contribution < 1.29 is 13.2 Å². The van der Waals surface area contributed by atoms with Crippen LogP contribution in [0.1, 0.15) is 18.4 Å². The van der Waals surface area contributed by atoms with Gasteiger partial charge in [-0.1, -0.05) is 17.7 Å². The Morgan fingerprint density at radius 1 is 1.33 bits per heavy atom. The van der Waals surface area contributed by atoms with Crippen molar-refractivity contribution in [3.8, 4) is 0 Å². The first-order valence-corrected chi connectivity index (χ1v) is 8.66. The number of nitrogens with zero attached hydrogens (tertiary/aromatic N) is 1. The Kier molecular flexibility index (Phi) is 4.91. The lowest BCUT2D eigenvalue weighted by Gasteiger charge is -2.30. The van der Waals surface area contributed by atoms with Crippen molar-refractivity contribution in [1.82, 2.24) is 9.62 Å². The molecule has 0 aromatic heterocycles. The number of sulfonamides is 1. The zero-order valence-electron chi connectivity index (χ0n) is 12.1. The number of carbonyl (C=O) groups excluding carboxylic acids is 1. The van der Waals surface area contributed by atoms with E-state index in [2.05, 4.69) is 5.32 Å². The number of rotatable bonds is 3. The number of carbonyl (C=O) groups is 1. The number of benzene rings is 1. The summed E-state index contributed by atoms with van der Waals surface area (Å²) in [5.74, 6) is -0.131. The van der Waals surface area contributed by atoms with Crippen molar-refractivity contribution in [2.24, 2.45) is 5.92 Å². The van der Waals surface area contributed by atoms with E-state index >= 15 is 0 Å². The number of aryl methyl sites for hydroxylation is 1. The molecule has 1 aliphatic rings. The van der Waals surface area contributed by atoms with Crippen molar-refractivity contribution >= 4 is 27.5 Å². The zero-order valence-corrected chi connectivity index (χ0v) is 13.7. The van der Waals surface area contributed by atoms with Gasteiger partial charge in [0.05, 0.1) is 4.90 Å². The molecular formula is C14H19ClN2O3S. The molecule has 21 heavy (non-hydrogen) atoms. The molecule has 5 nitrogen and oxygen atoms in total. The standard InChI is InChI=1S/C14H19ClN2O3S/c1-10-3-4-12(9-13(10)15)21(19,20)17-7-5-11(6-8-17)14(18)16-2/h3-4,9,11H,5-8H2,1-2H3,(H,16,18).